The molecule has 0 saturated carbocycles. The number of ether oxygens (including phenoxy) is 3. The molecule has 1 unspecified atom stereocenters. The van der Waals surface area contributed by atoms with Crippen LogP contribution in [-0.4, -0.2) is 73.1 Å². The highest BCUT2D eigenvalue weighted by Crippen LogP contribution is 2.08. The van der Waals surface area contributed by atoms with Crippen molar-refractivity contribution in [3.8, 4) is 0 Å². The molecule has 0 bridgehead atoms. The molecular formula is C24H32N6O9. The molecule has 0 aliphatic rings. The molecule has 39 heavy (non-hydrogen) atoms. The summed E-state index contributed by atoms with van der Waals surface area (Å²) < 4.78 is 16.5. The Morgan fingerprint density at radius 2 is 1.87 bits per heavy atom. The van der Waals surface area contributed by atoms with E-state index >= 15 is 0 Å². The molecule has 0 aliphatic carbocycles. The van der Waals surface area contributed by atoms with Gasteiger partial charge in [-0.25, -0.2) is 14.6 Å². The maximum atomic E-state index is 11.6. The van der Waals surface area contributed by atoms with Crippen LogP contribution in [0.4, 0.5) is 10.7 Å². The average molecular weight is 549 g/mol. The number of aliphatic hydroxyl groups is 1. The van der Waals surface area contributed by atoms with E-state index in [1.54, 1.807) is 13.8 Å². The van der Waals surface area contributed by atoms with Crippen LogP contribution in [0.2, 0.25) is 0 Å². The van der Waals surface area contributed by atoms with Crippen LogP contribution in [0.1, 0.15) is 26.3 Å². The van der Waals surface area contributed by atoms with Crippen LogP contribution in [0.5, 0.6) is 0 Å². The number of anilines is 1. The van der Waals surface area contributed by atoms with Crippen molar-refractivity contribution >= 4 is 35.1 Å². The first kappa shape index (κ1) is 30.7. The predicted molar refractivity (Wildman–Crippen MR) is 137 cm³/mol. The van der Waals surface area contributed by atoms with Gasteiger partial charge >= 0.3 is 18.0 Å². The van der Waals surface area contributed by atoms with Crippen LogP contribution in [0.3, 0.4) is 0 Å². The number of alkyl carbamates (subject to hydrolysis) is 1. The number of H-pyrrole nitrogens is 1. The number of nitrogen functional groups attached to an aromatic ring is 1. The van der Waals surface area contributed by atoms with E-state index < -0.39 is 35.7 Å². The third-order valence-electron chi connectivity index (χ3n) is 5.04. The second kappa shape index (κ2) is 15.0. The molecule has 0 saturated heterocycles. The minimum Gasteiger partial charge on any atom is -0.480 e. The Morgan fingerprint density at radius 1 is 1.18 bits per heavy atom. The molecule has 15 nitrogen and oxygen atoms in total. The van der Waals surface area contributed by atoms with Gasteiger partial charge in [-0.15, -0.1) is 0 Å². The second-order valence-corrected chi connectivity index (χ2v) is 8.51. The van der Waals surface area contributed by atoms with Gasteiger partial charge in [0.05, 0.1) is 12.9 Å². The zero-order valence-electron chi connectivity index (χ0n) is 21.7. The van der Waals surface area contributed by atoms with Gasteiger partial charge in [0.25, 0.3) is 5.56 Å². The third kappa shape index (κ3) is 10.1. The number of esters is 1. The van der Waals surface area contributed by atoms with Crippen molar-refractivity contribution in [1.29, 1.82) is 0 Å². The standard InChI is InChI=1S/C13H17NO4.C11H15N5O5/c1-9(2)11(12(15)16)14-13(17)18-8-10-6-4-3-5-7-10;1-6(18)20-3-7(2-17)21-5-16-4-13-8-9(16)14-11(12)15-10(8)19/h3-7,9,11H,8H2,1-2H3,(H,14,17)(H,15,16);4,7,17H,2-3,5H2,1H3,(H3,12,14,15,19)/t11-;/m0./s1. The first-order valence-corrected chi connectivity index (χ1v) is 11.8. The molecular weight excluding hydrogens is 516 g/mol. The molecule has 212 valence electrons. The van der Waals surface area contributed by atoms with Crippen LogP contribution < -0.4 is 16.6 Å². The van der Waals surface area contributed by atoms with E-state index in [1.165, 1.54) is 17.8 Å². The van der Waals surface area contributed by atoms with Crippen LogP contribution in [0, 0.1) is 5.92 Å². The van der Waals surface area contributed by atoms with Gasteiger partial charge in [0.1, 0.15) is 32.1 Å². The number of nitrogens with one attached hydrogen (secondary N) is 2. The molecule has 0 radical (unpaired) electrons. The fraction of sp³-hybridized carbons (Fsp3) is 0.417. The normalized spacial score (nSPS) is 12.2. The quantitative estimate of drug-likeness (QED) is 0.208. The second-order valence-electron chi connectivity index (χ2n) is 8.51. The van der Waals surface area contributed by atoms with Gasteiger partial charge in [-0.1, -0.05) is 44.2 Å². The van der Waals surface area contributed by atoms with Crippen molar-refractivity contribution in [2.45, 2.75) is 46.3 Å². The third-order valence-corrected chi connectivity index (χ3v) is 5.04. The van der Waals surface area contributed by atoms with Crippen molar-refractivity contribution in [1.82, 2.24) is 24.8 Å². The molecule has 6 N–H and O–H groups in total. The monoisotopic (exact) mass is 548 g/mol. The lowest BCUT2D eigenvalue weighted by Crippen LogP contribution is -2.44. The molecule has 3 rings (SSSR count). The first-order chi connectivity index (χ1) is 18.5. The molecule has 0 fully saturated rings. The van der Waals surface area contributed by atoms with Gasteiger partial charge in [0.2, 0.25) is 5.95 Å². The first-order valence-electron chi connectivity index (χ1n) is 11.8. The smallest absolute Gasteiger partial charge is 0.408 e. The number of carboxylic acid groups (broad SMARTS) is 1. The molecule has 2 aromatic heterocycles. The molecule has 3 aromatic rings. The minimum absolute atomic E-state index is 0.0289. The highest BCUT2D eigenvalue weighted by molar-refractivity contribution is 5.80. The number of benzene rings is 1. The van der Waals surface area contributed by atoms with Crippen molar-refractivity contribution in [3.63, 3.8) is 0 Å². The highest BCUT2D eigenvalue weighted by atomic mass is 16.6. The van der Waals surface area contributed by atoms with Gasteiger partial charge < -0.3 is 35.5 Å². The van der Waals surface area contributed by atoms with E-state index in [1.807, 2.05) is 30.3 Å². The predicted octanol–water partition coefficient (Wildman–Crippen LogP) is 0.622. The number of aromatic amines is 1. The van der Waals surface area contributed by atoms with E-state index in [-0.39, 0.29) is 49.6 Å². The largest absolute Gasteiger partial charge is 0.480 e. The summed E-state index contributed by atoms with van der Waals surface area (Å²) >= 11 is 0. The van der Waals surface area contributed by atoms with E-state index in [4.69, 9.17) is 30.2 Å². The number of amides is 1. The number of hydrogen-bond acceptors (Lipinski definition) is 11. The maximum absolute atomic E-state index is 11.6. The Balaban J connectivity index is 0.000000277. The van der Waals surface area contributed by atoms with Crippen molar-refractivity contribution in [2.24, 2.45) is 5.92 Å². The summed E-state index contributed by atoms with van der Waals surface area (Å²) in [5.74, 6) is -1.77. The van der Waals surface area contributed by atoms with E-state index in [2.05, 4.69) is 20.3 Å². The fourth-order valence-electron chi connectivity index (χ4n) is 3.02. The number of fused-ring (bicyclic) bond motifs is 1. The lowest BCUT2D eigenvalue weighted by atomic mass is 10.1. The van der Waals surface area contributed by atoms with Crippen molar-refractivity contribution in [2.75, 3.05) is 18.9 Å². The number of aliphatic carboxylic acids is 1. The SMILES string of the molecule is CC(=O)OCC(CO)OCn1cnc2c(=O)[nH]c(N)nc21.CC(C)[C@H](NC(=O)OCc1ccccc1)C(=O)O. The zero-order valence-corrected chi connectivity index (χ0v) is 21.7. The Hall–Kier alpha value is -4.50. The van der Waals surface area contributed by atoms with Gasteiger partial charge in [-0.2, -0.15) is 4.98 Å². The van der Waals surface area contributed by atoms with Gasteiger partial charge in [-0.3, -0.25) is 19.1 Å². The molecule has 1 amide bonds. The van der Waals surface area contributed by atoms with E-state index in [9.17, 15) is 19.2 Å². The molecule has 1 aromatic carbocycles. The lowest BCUT2D eigenvalue weighted by molar-refractivity contribution is -0.147. The Kier molecular flexibility index (Phi) is 11.8. The van der Waals surface area contributed by atoms with Crippen LogP contribution in [-0.2, 0) is 37.1 Å². The number of aliphatic hydroxyl groups excluding tert-OH is 1. The number of carbonyl (C=O) groups is 3. The number of nitrogens with zero attached hydrogens (tertiary/aromatic N) is 3. The van der Waals surface area contributed by atoms with Crippen LogP contribution in [0.15, 0.2) is 41.5 Å². The Labute approximate surface area is 222 Å². The van der Waals surface area contributed by atoms with Gasteiger partial charge in [0.15, 0.2) is 11.2 Å². The average Bonchev–Trinajstić information content (AvgIpc) is 3.29. The minimum atomic E-state index is -1.07. The maximum Gasteiger partial charge on any atom is 0.408 e. The summed E-state index contributed by atoms with van der Waals surface area (Å²) in [6.45, 7) is 4.39. The number of aromatic nitrogens is 4. The molecule has 0 aliphatic heterocycles. The molecule has 2 heterocycles. The Morgan fingerprint density at radius 3 is 2.46 bits per heavy atom. The van der Waals surface area contributed by atoms with Crippen LogP contribution in [0.25, 0.3) is 11.2 Å². The fourth-order valence-corrected chi connectivity index (χ4v) is 3.02. The number of hydrogen-bond donors (Lipinski definition) is 5. The number of carboxylic acids is 1. The van der Waals surface area contributed by atoms with Crippen molar-refractivity contribution < 1.29 is 38.8 Å². The van der Waals surface area contributed by atoms with Crippen molar-refractivity contribution in [3.05, 3.63) is 52.6 Å². The summed E-state index contributed by atoms with van der Waals surface area (Å²) in [5, 5.41) is 20.4. The van der Waals surface area contributed by atoms with Gasteiger partial charge in [-0.05, 0) is 11.5 Å². The summed E-state index contributed by atoms with van der Waals surface area (Å²) in [5.41, 5.74) is 6.27. The topological polar surface area (TPSA) is 221 Å². The number of rotatable bonds is 11. The lowest BCUT2D eigenvalue weighted by Gasteiger charge is -2.17. The summed E-state index contributed by atoms with van der Waals surface area (Å²) in [6, 6.07) is 8.25. The van der Waals surface area contributed by atoms with E-state index in [0.29, 0.717) is 0 Å². The van der Waals surface area contributed by atoms with E-state index in [0.717, 1.165) is 5.56 Å². The molecule has 2 atom stereocenters. The number of carbonyl (C=O) groups excluding carboxylic acids is 2. The molecule has 15 heteroatoms. The number of imidazole rings is 1. The summed E-state index contributed by atoms with van der Waals surface area (Å²) in [4.78, 5) is 54.8. The zero-order chi connectivity index (χ0) is 28.9. The number of nitrogens with two attached hydrogens (primary N) is 1. The highest BCUT2D eigenvalue weighted by Gasteiger charge is 2.24. The van der Waals surface area contributed by atoms with Gasteiger partial charge in [0, 0.05) is 6.92 Å². The Bertz CT molecular complexity index is 1290. The summed E-state index contributed by atoms with van der Waals surface area (Å²) in [6.07, 6.45) is -0.0438. The van der Waals surface area contributed by atoms with Crippen LogP contribution >= 0.6 is 0 Å². The molecule has 0 spiro atoms. The summed E-state index contributed by atoms with van der Waals surface area (Å²) in [7, 11) is 0.